The molecule has 0 aliphatic heterocycles. The molecule has 1 atom stereocenters. The van der Waals surface area contributed by atoms with Gasteiger partial charge in [0.15, 0.2) is 11.5 Å². The zero-order valence-corrected chi connectivity index (χ0v) is 11.6. The second kappa shape index (κ2) is 7.04. The monoisotopic (exact) mass is 293 g/mol. The highest BCUT2D eigenvalue weighted by molar-refractivity contribution is 5.44. The van der Waals surface area contributed by atoms with Gasteiger partial charge < -0.3 is 15.2 Å². The Bertz CT molecular complexity index is 576. The summed E-state index contributed by atoms with van der Waals surface area (Å²) in [5.74, 6) is 0.881. The smallest absolute Gasteiger partial charge is 0.257 e. The van der Waals surface area contributed by atoms with Crippen molar-refractivity contribution >= 4 is 0 Å². The largest absolute Gasteiger partial charge is 0.493 e. The van der Waals surface area contributed by atoms with Crippen LogP contribution in [0.5, 0.6) is 11.5 Å². The number of methoxy groups -OCH3 is 1. The molecule has 5 heteroatoms. The standard InChI is InChI=1S/C16H17F2NO2/c1-20-13-8-7-12(15(19)16(17)18)9-14(13)21-10-11-5-3-2-4-6-11/h2-9,15-16H,10,19H2,1H3/t15-/m0/s1. The number of benzene rings is 2. The topological polar surface area (TPSA) is 44.5 Å². The number of ether oxygens (including phenoxy) is 2. The summed E-state index contributed by atoms with van der Waals surface area (Å²) in [6, 6.07) is 12.8. The predicted octanol–water partition coefficient (Wildman–Crippen LogP) is 3.54. The molecule has 0 aromatic heterocycles. The van der Waals surface area contributed by atoms with Crippen LogP contribution in [0.25, 0.3) is 0 Å². The van der Waals surface area contributed by atoms with E-state index in [1.54, 1.807) is 6.07 Å². The molecule has 0 aliphatic rings. The van der Waals surface area contributed by atoms with E-state index < -0.39 is 12.5 Å². The van der Waals surface area contributed by atoms with Crippen molar-refractivity contribution in [1.82, 2.24) is 0 Å². The molecule has 0 saturated heterocycles. The molecule has 2 aromatic rings. The van der Waals surface area contributed by atoms with Crippen molar-refractivity contribution in [1.29, 1.82) is 0 Å². The molecule has 2 N–H and O–H groups in total. The van der Waals surface area contributed by atoms with Gasteiger partial charge in [0.1, 0.15) is 6.61 Å². The summed E-state index contributed by atoms with van der Waals surface area (Å²) in [5, 5.41) is 0. The third-order valence-corrected chi connectivity index (χ3v) is 3.08. The average Bonchev–Trinajstić information content (AvgIpc) is 2.52. The lowest BCUT2D eigenvalue weighted by Gasteiger charge is -2.15. The maximum atomic E-state index is 12.7. The minimum absolute atomic E-state index is 0.314. The average molecular weight is 293 g/mol. The van der Waals surface area contributed by atoms with E-state index in [1.807, 2.05) is 30.3 Å². The summed E-state index contributed by atoms with van der Waals surface area (Å²) in [4.78, 5) is 0. The van der Waals surface area contributed by atoms with E-state index in [4.69, 9.17) is 15.2 Å². The van der Waals surface area contributed by atoms with Gasteiger partial charge in [-0.15, -0.1) is 0 Å². The summed E-state index contributed by atoms with van der Waals surface area (Å²) < 4.78 is 36.2. The van der Waals surface area contributed by atoms with Gasteiger partial charge in [0.05, 0.1) is 13.2 Å². The van der Waals surface area contributed by atoms with Crippen LogP contribution in [0.2, 0.25) is 0 Å². The Morgan fingerprint density at radius 3 is 2.38 bits per heavy atom. The van der Waals surface area contributed by atoms with Crippen LogP contribution in [-0.2, 0) is 6.61 Å². The van der Waals surface area contributed by atoms with Crippen molar-refractivity contribution in [3.63, 3.8) is 0 Å². The van der Waals surface area contributed by atoms with Crippen LogP contribution in [0.15, 0.2) is 48.5 Å². The summed E-state index contributed by atoms with van der Waals surface area (Å²) in [6.45, 7) is 0.324. The van der Waals surface area contributed by atoms with Gasteiger partial charge in [-0.25, -0.2) is 8.78 Å². The molecule has 2 aromatic carbocycles. The van der Waals surface area contributed by atoms with Gasteiger partial charge in [0.25, 0.3) is 6.43 Å². The van der Waals surface area contributed by atoms with Crippen molar-refractivity contribution in [2.45, 2.75) is 19.1 Å². The first-order valence-corrected chi connectivity index (χ1v) is 6.50. The highest BCUT2D eigenvalue weighted by atomic mass is 19.3. The number of halogens is 2. The normalized spacial score (nSPS) is 12.2. The van der Waals surface area contributed by atoms with E-state index in [9.17, 15) is 8.78 Å². The lowest BCUT2D eigenvalue weighted by molar-refractivity contribution is 0.116. The van der Waals surface area contributed by atoms with Crippen LogP contribution in [0, 0.1) is 0 Å². The van der Waals surface area contributed by atoms with Crippen LogP contribution in [0.4, 0.5) is 8.78 Å². The first-order chi connectivity index (χ1) is 10.1. The number of nitrogens with two attached hydrogens (primary N) is 1. The summed E-state index contributed by atoms with van der Waals surface area (Å²) in [7, 11) is 1.50. The number of rotatable bonds is 6. The minimum Gasteiger partial charge on any atom is -0.493 e. The number of alkyl halides is 2. The zero-order chi connectivity index (χ0) is 15.2. The van der Waals surface area contributed by atoms with E-state index >= 15 is 0 Å². The minimum atomic E-state index is -2.62. The Kier molecular flexibility index (Phi) is 5.11. The third kappa shape index (κ3) is 3.92. The molecule has 0 bridgehead atoms. The summed E-state index contributed by atoms with van der Waals surface area (Å²) in [6.07, 6.45) is -2.62. The maximum absolute atomic E-state index is 12.7. The second-order valence-corrected chi connectivity index (χ2v) is 4.54. The predicted molar refractivity (Wildman–Crippen MR) is 76.7 cm³/mol. The Morgan fingerprint density at radius 2 is 1.76 bits per heavy atom. The first-order valence-electron chi connectivity index (χ1n) is 6.50. The van der Waals surface area contributed by atoms with Gasteiger partial charge in [-0.2, -0.15) is 0 Å². The van der Waals surface area contributed by atoms with E-state index in [1.165, 1.54) is 19.2 Å². The van der Waals surface area contributed by atoms with Crippen LogP contribution in [0.3, 0.4) is 0 Å². The van der Waals surface area contributed by atoms with Crippen molar-refractivity contribution < 1.29 is 18.3 Å². The van der Waals surface area contributed by atoms with Crippen molar-refractivity contribution in [2.75, 3.05) is 7.11 Å². The molecule has 0 heterocycles. The van der Waals surface area contributed by atoms with Crippen LogP contribution >= 0.6 is 0 Å². The van der Waals surface area contributed by atoms with Gasteiger partial charge in [0.2, 0.25) is 0 Å². The summed E-state index contributed by atoms with van der Waals surface area (Å²) >= 11 is 0. The van der Waals surface area contributed by atoms with Gasteiger partial charge >= 0.3 is 0 Å². The fraction of sp³-hybridized carbons (Fsp3) is 0.250. The van der Waals surface area contributed by atoms with E-state index in [0.717, 1.165) is 5.56 Å². The van der Waals surface area contributed by atoms with Crippen LogP contribution in [-0.4, -0.2) is 13.5 Å². The SMILES string of the molecule is COc1ccc([C@H](N)C(F)F)cc1OCc1ccccc1. The van der Waals surface area contributed by atoms with Crippen LogP contribution in [0.1, 0.15) is 17.2 Å². The number of hydrogen-bond donors (Lipinski definition) is 1. The Balaban J connectivity index is 2.18. The number of hydrogen-bond acceptors (Lipinski definition) is 3. The lowest BCUT2D eigenvalue weighted by Crippen LogP contribution is -2.18. The highest BCUT2D eigenvalue weighted by Crippen LogP contribution is 2.31. The third-order valence-electron chi connectivity index (χ3n) is 3.08. The van der Waals surface area contributed by atoms with Gasteiger partial charge in [0, 0.05) is 0 Å². The van der Waals surface area contributed by atoms with Gasteiger partial charge in [-0.05, 0) is 23.3 Å². The quantitative estimate of drug-likeness (QED) is 0.886. The molecule has 0 aliphatic carbocycles. The van der Waals surface area contributed by atoms with Crippen molar-refractivity contribution in [3.05, 3.63) is 59.7 Å². The molecule has 112 valence electrons. The molecular formula is C16H17F2NO2. The first kappa shape index (κ1) is 15.3. The van der Waals surface area contributed by atoms with E-state index in [0.29, 0.717) is 23.7 Å². The lowest BCUT2D eigenvalue weighted by atomic mass is 10.1. The molecule has 2 rings (SSSR count). The summed E-state index contributed by atoms with van der Waals surface area (Å²) in [5.41, 5.74) is 6.75. The molecule has 3 nitrogen and oxygen atoms in total. The maximum Gasteiger partial charge on any atom is 0.257 e. The Morgan fingerprint density at radius 1 is 1.05 bits per heavy atom. The molecule has 0 radical (unpaired) electrons. The molecule has 0 saturated carbocycles. The van der Waals surface area contributed by atoms with Crippen molar-refractivity contribution in [2.24, 2.45) is 5.73 Å². The molecular weight excluding hydrogens is 276 g/mol. The second-order valence-electron chi connectivity index (χ2n) is 4.54. The molecule has 0 spiro atoms. The zero-order valence-electron chi connectivity index (χ0n) is 11.6. The van der Waals surface area contributed by atoms with Crippen LogP contribution < -0.4 is 15.2 Å². The van der Waals surface area contributed by atoms with Gasteiger partial charge in [-0.3, -0.25) is 0 Å². The molecule has 0 unspecified atom stereocenters. The Hall–Kier alpha value is -2.14. The fourth-order valence-corrected chi connectivity index (χ4v) is 1.89. The molecule has 0 amide bonds. The molecule has 21 heavy (non-hydrogen) atoms. The Labute approximate surface area is 122 Å². The van der Waals surface area contributed by atoms with Gasteiger partial charge in [-0.1, -0.05) is 36.4 Å². The fourth-order valence-electron chi connectivity index (χ4n) is 1.89. The highest BCUT2D eigenvalue weighted by Gasteiger charge is 2.19. The van der Waals surface area contributed by atoms with E-state index in [2.05, 4.69) is 0 Å². The molecule has 0 fully saturated rings. The van der Waals surface area contributed by atoms with E-state index in [-0.39, 0.29) is 0 Å². The van der Waals surface area contributed by atoms with Crippen molar-refractivity contribution in [3.8, 4) is 11.5 Å².